The lowest BCUT2D eigenvalue weighted by molar-refractivity contribution is -0.135. The summed E-state index contributed by atoms with van der Waals surface area (Å²) < 4.78 is 0.923. The molecule has 1 fully saturated rings. The Morgan fingerprint density at radius 1 is 1.19 bits per heavy atom. The minimum absolute atomic E-state index is 0.0196. The third-order valence-corrected chi connectivity index (χ3v) is 8.38. The molecular formula is C26H32N6O3S. The van der Waals surface area contributed by atoms with E-state index in [-0.39, 0.29) is 11.8 Å². The zero-order valence-electron chi connectivity index (χ0n) is 21.0. The van der Waals surface area contributed by atoms with Gasteiger partial charge in [0.2, 0.25) is 11.9 Å². The molecule has 2 N–H and O–H groups in total. The van der Waals surface area contributed by atoms with Crippen molar-refractivity contribution in [1.82, 2.24) is 24.8 Å². The van der Waals surface area contributed by atoms with Crippen LogP contribution >= 0.6 is 11.3 Å². The summed E-state index contributed by atoms with van der Waals surface area (Å²) in [7, 11) is 3.58. The fourth-order valence-corrected chi connectivity index (χ4v) is 6.39. The molecule has 1 aliphatic carbocycles. The van der Waals surface area contributed by atoms with E-state index in [4.69, 9.17) is 15.1 Å². The van der Waals surface area contributed by atoms with Crippen molar-refractivity contribution in [2.75, 3.05) is 32.6 Å². The van der Waals surface area contributed by atoms with Gasteiger partial charge in [0.25, 0.3) is 5.91 Å². The van der Waals surface area contributed by atoms with E-state index in [1.165, 1.54) is 11.3 Å². The van der Waals surface area contributed by atoms with Crippen LogP contribution in [0.2, 0.25) is 0 Å². The van der Waals surface area contributed by atoms with Crippen LogP contribution in [-0.4, -0.2) is 68.9 Å². The molecule has 190 valence electrons. The number of rotatable bonds is 5. The number of hydrogen-bond donors (Lipinski definition) is 2. The first kappa shape index (κ1) is 24.6. The molecule has 10 heteroatoms. The number of pyridine rings is 1. The number of nitrogens with one attached hydrogen (secondary N) is 1. The minimum atomic E-state index is -0.478. The molecule has 1 aliphatic heterocycles. The fraction of sp³-hybridized carbons (Fsp3) is 0.500. The Bertz CT molecular complexity index is 1300. The summed E-state index contributed by atoms with van der Waals surface area (Å²) in [6.45, 7) is 2.80. The Balaban J connectivity index is 1.44. The predicted octanol–water partition coefficient (Wildman–Crippen LogP) is 3.70. The van der Waals surface area contributed by atoms with Crippen LogP contribution in [0.25, 0.3) is 10.2 Å². The summed E-state index contributed by atoms with van der Waals surface area (Å²) in [5.41, 5.74) is 3.83. The average Bonchev–Trinajstić information content (AvgIpc) is 3.26. The van der Waals surface area contributed by atoms with Crippen molar-refractivity contribution in [3.05, 3.63) is 40.0 Å². The molecular weight excluding hydrogens is 476 g/mol. The van der Waals surface area contributed by atoms with Gasteiger partial charge < -0.3 is 20.2 Å². The van der Waals surface area contributed by atoms with Gasteiger partial charge in [-0.3, -0.25) is 9.59 Å². The number of anilines is 2. The van der Waals surface area contributed by atoms with E-state index in [1.807, 2.05) is 12.1 Å². The van der Waals surface area contributed by atoms with Crippen molar-refractivity contribution in [2.45, 2.75) is 51.5 Å². The summed E-state index contributed by atoms with van der Waals surface area (Å²) in [4.78, 5) is 43.1. The van der Waals surface area contributed by atoms with Crippen molar-refractivity contribution >= 4 is 45.1 Å². The Hall–Kier alpha value is -3.11. The second kappa shape index (κ2) is 10.1. The van der Waals surface area contributed by atoms with Crippen molar-refractivity contribution < 1.29 is 14.7 Å². The third-order valence-electron chi connectivity index (χ3n) is 7.27. The largest absolute Gasteiger partial charge is 0.387 e. The highest BCUT2D eigenvalue weighted by molar-refractivity contribution is 7.21. The normalized spacial score (nSPS) is 19.7. The topological polar surface area (TPSA) is 112 Å². The van der Waals surface area contributed by atoms with Crippen molar-refractivity contribution in [3.8, 4) is 0 Å². The van der Waals surface area contributed by atoms with Crippen LogP contribution < -0.4 is 5.32 Å². The molecule has 2 aliphatic rings. The van der Waals surface area contributed by atoms with Gasteiger partial charge in [-0.05, 0) is 36.3 Å². The van der Waals surface area contributed by atoms with Crippen LogP contribution in [0.1, 0.15) is 65.0 Å². The van der Waals surface area contributed by atoms with E-state index in [0.717, 1.165) is 63.5 Å². The van der Waals surface area contributed by atoms with Gasteiger partial charge in [0.1, 0.15) is 12.4 Å². The standard InChI is InChI=1S/C26H32N6O3S/c1-15-4-6-16(7-5-15)22-23-19(36-24(22)25(35)31(2)3)12-27-26(30-23)29-20-9-8-17-13-32(21(34)14-33)11-10-18(17)28-20/h8-9,12,15-16,33H,4-7,10-11,13-14H2,1-3H3,(H,27,28,29,30)/t15-,16-. The van der Waals surface area contributed by atoms with E-state index in [9.17, 15) is 9.59 Å². The first-order valence-electron chi connectivity index (χ1n) is 12.5. The van der Waals surface area contributed by atoms with Crippen LogP contribution in [0.15, 0.2) is 18.3 Å². The predicted molar refractivity (Wildman–Crippen MR) is 140 cm³/mol. The van der Waals surface area contributed by atoms with Crippen molar-refractivity contribution in [1.29, 1.82) is 0 Å². The number of hydrogen-bond acceptors (Lipinski definition) is 8. The smallest absolute Gasteiger partial charge is 0.263 e. The molecule has 4 heterocycles. The van der Waals surface area contributed by atoms with Crippen LogP contribution in [-0.2, 0) is 17.8 Å². The summed E-state index contributed by atoms with van der Waals surface area (Å²) in [5.74, 6) is 1.89. The van der Waals surface area contributed by atoms with Gasteiger partial charge >= 0.3 is 0 Å². The van der Waals surface area contributed by atoms with Gasteiger partial charge in [0.05, 0.1) is 21.3 Å². The molecule has 36 heavy (non-hydrogen) atoms. The lowest BCUT2D eigenvalue weighted by Gasteiger charge is -2.28. The Morgan fingerprint density at radius 3 is 2.69 bits per heavy atom. The monoisotopic (exact) mass is 508 g/mol. The summed E-state index contributed by atoms with van der Waals surface area (Å²) in [5, 5.41) is 12.4. The molecule has 2 amide bonds. The van der Waals surface area contributed by atoms with Gasteiger partial charge in [-0.2, -0.15) is 0 Å². The van der Waals surface area contributed by atoms with E-state index in [2.05, 4.69) is 17.2 Å². The molecule has 3 aromatic heterocycles. The third kappa shape index (κ3) is 4.79. The number of aliphatic hydroxyl groups is 1. The maximum absolute atomic E-state index is 13.1. The quantitative estimate of drug-likeness (QED) is 0.540. The number of fused-ring (bicyclic) bond motifs is 2. The Morgan fingerprint density at radius 2 is 1.97 bits per heavy atom. The van der Waals surface area contributed by atoms with E-state index in [0.29, 0.717) is 37.2 Å². The molecule has 0 radical (unpaired) electrons. The average molecular weight is 509 g/mol. The number of carbonyl (C=O) groups is 2. The van der Waals surface area contributed by atoms with Crippen LogP contribution in [0, 0.1) is 5.92 Å². The van der Waals surface area contributed by atoms with Gasteiger partial charge in [0, 0.05) is 44.9 Å². The summed E-state index contributed by atoms with van der Waals surface area (Å²) in [6.07, 6.45) is 6.88. The van der Waals surface area contributed by atoms with E-state index >= 15 is 0 Å². The molecule has 0 aromatic carbocycles. The maximum atomic E-state index is 13.1. The van der Waals surface area contributed by atoms with Gasteiger partial charge in [-0.15, -0.1) is 11.3 Å². The lowest BCUT2D eigenvalue weighted by Crippen LogP contribution is -2.37. The Labute approximate surface area is 214 Å². The molecule has 5 rings (SSSR count). The van der Waals surface area contributed by atoms with Gasteiger partial charge in [-0.25, -0.2) is 15.0 Å². The number of nitrogens with zero attached hydrogens (tertiary/aromatic N) is 5. The molecule has 0 atom stereocenters. The Kier molecular flexibility index (Phi) is 6.90. The van der Waals surface area contributed by atoms with Crippen molar-refractivity contribution in [2.24, 2.45) is 5.92 Å². The van der Waals surface area contributed by atoms with E-state index in [1.54, 1.807) is 30.1 Å². The molecule has 0 saturated heterocycles. The molecule has 0 spiro atoms. The van der Waals surface area contributed by atoms with Crippen LogP contribution in [0.5, 0.6) is 0 Å². The molecule has 3 aromatic rings. The maximum Gasteiger partial charge on any atom is 0.263 e. The molecule has 0 bridgehead atoms. The number of thiophene rings is 1. The molecule has 1 saturated carbocycles. The zero-order chi connectivity index (χ0) is 25.4. The van der Waals surface area contributed by atoms with Gasteiger partial charge in [0.15, 0.2) is 0 Å². The highest BCUT2D eigenvalue weighted by atomic mass is 32.1. The van der Waals surface area contributed by atoms with Crippen LogP contribution in [0.4, 0.5) is 11.8 Å². The number of aromatic nitrogens is 3. The summed E-state index contributed by atoms with van der Waals surface area (Å²) in [6, 6.07) is 3.81. The zero-order valence-corrected chi connectivity index (χ0v) is 21.8. The first-order valence-corrected chi connectivity index (χ1v) is 13.3. The number of aliphatic hydroxyl groups excluding tert-OH is 1. The highest BCUT2D eigenvalue weighted by Gasteiger charge is 2.30. The van der Waals surface area contributed by atoms with Crippen molar-refractivity contribution in [3.63, 3.8) is 0 Å². The minimum Gasteiger partial charge on any atom is -0.387 e. The van der Waals surface area contributed by atoms with E-state index < -0.39 is 6.61 Å². The highest BCUT2D eigenvalue weighted by Crippen LogP contribution is 2.43. The summed E-state index contributed by atoms with van der Waals surface area (Å²) >= 11 is 1.48. The molecule has 9 nitrogen and oxygen atoms in total. The fourth-order valence-electron chi connectivity index (χ4n) is 5.17. The van der Waals surface area contributed by atoms with Gasteiger partial charge in [-0.1, -0.05) is 25.8 Å². The number of amides is 2. The second-order valence-corrected chi connectivity index (χ2v) is 11.1. The number of carbonyl (C=O) groups excluding carboxylic acids is 2. The van der Waals surface area contributed by atoms with Crippen LogP contribution in [0.3, 0.4) is 0 Å². The first-order chi connectivity index (χ1) is 17.3. The molecule has 0 unspecified atom stereocenters. The SMILES string of the molecule is CN(C)C(=O)c1sc2cnc(Nc3ccc4c(n3)CCN(C(=O)CO)C4)nc2c1[C@H]1CC[C@H](C)CC1. The lowest BCUT2D eigenvalue weighted by atomic mass is 9.79. The second-order valence-electron chi connectivity index (χ2n) is 10.1.